The third-order valence-electron chi connectivity index (χ3n) is 4.54. The summed E-state index contributed by atoms with van der Waals surface area (Å²) in [7, 11) is 1.57. The van der Waals surface area contributed by atoms with Gasteiger partial charge >= 0.3 is 0 Å². The number of piperidine rings is 1. The maximum Gasteiger partial charge on any atom is 0.230 e. The first-order valence-electron chi connectivity index (χ1n) is 8.33. The lowest BCUT2D eigenvalue weighted by Gasteiger charge is -2.34. The molecule has 0 N–H and O–H groups in total. The van der Waals surface area contributed by atoms with E-state index < -0.39 is 0 Å². The van der Waals surface area contributed by atoms with Crippen LogP contribution in [0.2, 0.25) is 5.02 Å². The highest BCUT2D eigenvalue weighted by atomic mass is 35.5. The monoisotopic (exact) mass is 368 g/mol. The highest BCUT2D eigenvalue weighted by Crippen LogP contribution is 2.27. The van der Waals surface area contributed by atoms with Gasteiger partial charge in [-0.25, -0.2) is 0 Å². The first-order valence-corrected chi connectivity index (χ1v) is 9.24. The van der Waals surface area contributed by atoms with Crippen LogP contribution in [-0.4, -0.2) is 50.0 Å². The number of hydrogen-bond acceptors (Lipinski definition) is 2. The predicted octanol–water partition coefficient (Wildman–Crippen LogP) is 3.08. The van der Waals surface area contributed by atoms with Crippen molar-refractivity contribution in [3.8, 4) is 0 Å². The number of carbonyl (C=O) groups excluding carboxylic acids is 2. The number of likely N-dealkylation sites (tertiary alicyclic amines) is 1. The second-order valence-electron chi connectivity index (χ2n) is 6.25. The average Bonchev–Trinajstić information content (AvgIpc) is 2.58. The van der Waals surface area contributed by atoms with E-state index in [1.807, 2.05) is 25.1 Å². The SMILES string of the molecule is BC(=O)N1CCC(C(=O)N(CCCCl)c2ccc(C)c(Cl)c2)CC1. The van der Waals surface area contributed by atoms with Crippen molar-refractivity contribution in [2.45, 2.75) is 26.2 Å². The highest BCUT2D eigenvalue weighted by Gasteiger charge is 2.29. The smallest absolute Gasteiger partial charge is 0.230 e. The zero-order valence-corrected chi connectivity index (χ0v) is 15.7. The van der Waals surface area contributed by atoms with Crippen LogP contribution in [0.15, 0.2) is 18.2 Å². The maximum absolute atomic E-state index is 13.0. The van der Waals surface area contributed by atoms with Gasteiger partial charge in [0.2, 0.25) is 13.8 Å². The van der Waals surface area contributed by atoms with Gasteiger partial charge in [-0.1, -0.05) is 17.7 Å². The van der Waals surface area contributed by atoms with Crippen LogP contribution >= 0.6 is 23.2 Å². The Morgan fingerprint density at radius 2 is 2.00 bits per heavy atom. The van der Waals surface area contributed by atoms with Crippen molar-refractivity contribution < 1.29 is 9.59 Å². The van der Waals surface area contributed by atoms with Crippen LogP contribution in [-0.2, 0) is 4.79 Å². The van der Waals surface area contributed by atoms with E-state index >= 15 is 0 Å². The van der Waals surface area contributed by atoms with Crippen LogP contribution < -0.4 is 4.90 Å². The molecule has 0 aromatic heterocycles. The molecule has 0 atom stereocenters. The van der Waals surface area contributed by atoms with Gasteiger partial charge in [0.15, 0.2) is 5.81 Å². The van der Waals surface area contributed by atoms with Crippen molar-refractivity contribution in [3.05, 3.63) is 28.8 Å². The van der Waals surface area contributed by atoms with Crippen molar-refractivity contribution in [1.29, 1.82) is 0 Å². The summed E-state index contributed by atoms with van der Waals surface area (Å²) in [5, 5.41) is 0.655. The summed E-state index contributed by atoms with van der Waals surface area (Å²) in [5.41, 5.74) is 1.80. The number of nitrogens with zero attached hydrogens (tertiary/aromatic N) is 2. The molecule has 0 unspecified atom stereocenters. The molecule has 1 aromatic rings. The van der Waals surface area contributed by atoms with Crippen LogP contribution in [0.3, 0.4) is 0 Å². The lowest BCUT2D eigenvalue weighted by atomic mass is 9.93. The van der Waals surface area contributed by atoms with E-state index in [-0.39, 0.29) is 17.6 Å². The molecule has 1 aliphatic rings. The van der Waals surface area contributed by atoms with Crippen molar-refractivity contribution in [2.75, 3.05) is 30.4 Å². The second kappa shape index (κ2) is 8.77. The van der Waals surface area contributed by atoms with Crippen molar-refractivity contribution >= 4 is 48.4 Å². The molecule has 2 amide bonds. The summed E-state index contributed by atoms with van der Waals surface area (Å²) in [6, 6.07) is 5.70. The lowest BCUT2D eigenvalue weighted by molar-refractivity contribution is -0.123. The third kappa shape index (κ3) is 4.67. The Morgan fingerprint density at radius 1 is 1.33 bits per heavy atom. The molecule has 0 aliphatic carbocycles. The molecule has 0 spiro atoms. The summed E-state index contributed by atoms with van der Waals surface area (Å²) in [6.07, 6.45) is 2.13. The van der Waals surface area contributed by atoms with E-state index in [0.717, 1.165) is 17.7 Å². The quantitative estimate of drug-likeness (QED) is 0.591. The van der Waals surface area contributed by atoms with E-state index in [1.54, 1.807) is 17.6 Å². The number of rotatable bonds is 5. The predicted molar refractivity (Wildman–Crippen MR) is 102 cm³/mol. The molecule has 1 saturated heterocycles. The summed E-state index contributed by atoms with van der Waals surface area (Å²) < 4.78 is 0. The zero-order valence-electron chi connectivity index (χ0n) is 14.2. The van der Waals surface area contributed by atoms with Gasteiger partial charge in [0.25, 0.3) is 0 Å². The van der Waals surface area contributed by atoms with Crippen LogP contribution in [0, 0.1) is 12.8 Å². The van der Waals surface area contributed by atoms with E-state index in [0.29, 0.717) is 43.4 Å². The Labute approximate surface area is 154 Å². The van der Waals surface area contributed by atoms with Gasteiger partial charge in [0.05, 0.1) is 0 Å². The third-order valence-corrected chi connectivity index (χ3v) is 5.21. The minimum Gasteiger partial charge on any atom is -0.352 e. The van der Waals surface area contributed by atoms with Crippen LogP contribution in [0.25, 0.3) is 0 Å². The molecule has 24 heavy (non-hydrogen) atoms. The lowest BCUT2D eigenvalue weighted by Crippen LogP contribution is -2.44. The van der Waals surface area contributed by atoms with Crippen molar-refractivity contribution in [1.82, 2.24) is 4.90 Å². The van der Waals surface area contributed by atoms with Gasteiger partial charge < -0.3 is 9.80 Å². The van der Waals surface area contributed by atoms with E-state index in [9.17, 15) is 9.59 Å². The molecular formula is C17H23BCl2N2O2. The van der Waals surface area contributed by atoms with Gasteiger partial charge in [-0.2, -0.15) is 0 Å². The molecule has 1 heterocycles. The molecule has 1 fully saturated rings. The Morgan fingerprint density at radius 3 is 2.54 bits per heavy atom. The molecule has 0 radical (unpaired) electrons. The summed E-state index contributed by atoms with van der Waals surface area (Å²) in [5.74, 6) is 0.621. The summed E-state index contributed by atoms with van der Waals surface area (Å²) in [4.78, 5) is 28.1. The normalized spacial score (nSPS) is 15.4. The molecule has 4 nitrogen and oxygen atoms in total. The van der Waals surface area contributed by atoms with Crippen LogP contribution in [0.1, 0.15) is 24.8 Å². The van der Waals surface area contributed by atoms with Crippen molar-refractivity contribution in [2.24, 2.45) is 5.92 Å². The first-order chi connectivity index (χ1) is 11.4. The van der Waals surface area contributed by atoms with Gasteiger partial charge in [0, 0.05) is 42.1 Å². The number of halogens is 2. The molecular weight excluding hydrogens is 346 g/mol. The molecule has 1 aliphatic heterocycles. The van der Waals surface area contributed by atoms with Gasteiger partial charge in [-0.05, 0) is 43.9 Å². The summed E-state index contributed by atoms with van der Waals surface area (Å²) in [6.45, 7) is 3.80. The van der Waals surface area contributed by atoms with E-state index in [2.05, 4.69) is 0 Å². The Bertz CT molecular complexity index is 604. The molecule has 2 rings (SSSR count). The standard InChI is InChI=1S/C17H23BCl2N2O2/c1-12-3-4-14(11-15(12)20)22(8-2-7-19)16(23)13-5-9-21(10-6-13)17(18)24/h3-4,11,13H,2,5-10,18H2,1H3. The molecule has 0 saturated carbocycles. The fourth-order valence-corrected chi connectivity index (χ4v) is 3.29. The van der Waals surface area contributed by atoms with E-state index in [4.69, 9.17) is 23.2 Å². The summed E-state index contributed by atoms with van der Waals surface area (Å²) >= 11 is 12.1. The molecule has 0 bridgehead atoms. The van der Waals surface area contributed by atoms with Crippen molar-refractivity contribution in [3.63, 3.8) is 0 Å². The fraction of sp³-hybridized carbons (Fsp3) is 0.529. The van der Waals surface area contributed by atoms with Gasteiger partial charge in [0.1, 0.15) is 0 Å². The Balaban J connectivity index is 2.13. The fourth-order valence-electron chi connectivity index (χ4n) is 3.00. The first kappa shape index (κ1) is 19.1. The van der Waals surface area contributed by atoms with Gasteiger partial charge in [-0.3, -0.25) is 9.59 Å². The minimum atomic E-state index is -0.0593. The van der Waals surface area contributed by atoms with Crippen LogP contribution in [0.5, 0.6) is 0 Å². The average molecular weight is 369 g/mol. The van der Waals surface area contributed by atoms with Crippen LogP contribution in [0.4, 0.5) is 10.5 Å². The Kier molecular flexibility index (Phi) is 6.99. The van der Waals surface area contributed by atoms with Gasteiger partial charge in [-0.15, -0.1) is 11.6 Å². The number of hydrogen-bond donors (Lipinski definition) is 0. The number of aryl methyl sites for hydroxylation is 1. The number of carbonyl (C=O) groups is 2. The second-order valence-corrected chi connectivity index (χ2v) is 7.03. The topological polar surface area (TPSA) is 40.6 Å². The molecule has 1 aromatic carbocycles. The largest absolute Gasteiger partial charge is 0.352 e. The number of anilines is 1. The van der Waals surface area contributed by atoms with E-state index in [1.165, 1.54) is 0 Å². The number of alkyl halides is 1. The zero-order chi connectivity index (χ0) is 17.7. The maximum atomic E-state index is 13.0. The molecule has 130 valence electrons. The number of amides is 2. The highest BCUT2D eigenvalue weighted by molar-refractivity contribution is 6.56. The number of benzene rings is 1. The molecule has 7 heteroatoms. The minimum absolute atomic E-state index is 0.0593. The Hall–Kier alpha value is -1.20.